The Bertz CT molecular complexity index is 831. The lowest BCUT2D eigenvalue weighted by Gasteiger charge is -2.66. The molecule has 3 aliphatic heterocycles. The first-order chi connectivity index (χ1) is 15.0. The number of carbonyl (C=O) groups is 1. The zero-order valence-electron chi connectivity index (χ0n) is 19.4. The molecular formula is C28H40N2O. The Kier molecular flexibility index (Phi) is 4.80. The van der Waals surface area contributed by atoms with Crippen molar-refractivity contribution in [1.82, 2.24) is 10.2 Å². The molecule has 3 heterocycles. The summed E-state index contributed by atoms with van der Waals surface area (Å²) in [7, 11) is 0. The highest BCUT2D eigenvalue weighted by Crippen LogP contribution is 2.71. The van der Waals surface area contributed by atoms with Gasteiger partial charge < -0.3 is 10.2 Å². The van der Waals surface area contributed by atoms with E-state index in [0.717, 1.165) is 31.7 Å². The van der Waals surface area contributed by atoms with Gasteiger partial charge in [-0.15, -0.1) is 0 Å². The minimum absolute atomic E-state index is 0.130. The van der Waals surface area contributed by atoms with Crippen LogP contribution in [-0.4, -0.2) is 36.5 Å². The first-order valence-corrected chi connectivity index (χ1v) is 13.1. The van der Waals surface area contributed by atoms with Gasteiger partial charge in [0, 0.05) is 12.6 Å². The number of nitrogens with zero attached hydrogens (tertiary/aromatic N) is 1. The molecule has 1 aromatic rings. The molecule has 5 atom stereocenters. The van der Waals surface area contributed by atoms with Crippen molar-refractivity contribution in [2.75, 3.05) is 19.6 Å². The molecule has 7 aliphatic rings. The lowest BCUT2D eigenvalue weighted by Crippen LogP contribution is -2.65. The SMILES string of the molecule is CCCC[C@@]12CC3CC(C(=O)N[C@H]4CN5CCC4CC5)(C1)C[C@](c1ccccc1)(C3)C2. The van der Waals surface area contributed by atoms with Gasteiger partial charge in [-0.05, 0) is 99.1 Å². The van der Waals surface area contributed by atoms with E-state index in [1.54, 1.807) is 0 Å². The van der Waals surface area contributed by atoms with Crippen molar-refractivity contribution in [3.05, 3.63) is 35.9 Å². The summed E-state index contributed by atoms with van der Waals surface area (Å²) >= 11 is 0. The van der Waals surface area contributed by atoms with Crippen molar-refractivity contribution in [3.63, 3.8) is 0 Å². The normalized spacial score (nSPS) is 45.1. The first-order valence-electron chi connectivity index (χ1n) is 13.1. The molecule has 2 unspecified atom stereocenters. The smallest absolute Gasteiger partial charge is 0.226 e. The van der Waals surface area contributed by atoms with E-state index >= 15 is 0 Å². The second-order valence-corrected chi connectivity index (χ2v) is 12.3. The monoisotopic (exact) mass is 420 g/mol. The maximum atomic E-state index is 14.1. The predicted molar refractivity (Wildman–Crippen MR) is 125 cm³/mol. The van der Waals surface area contributed by atoms with Crippen LogP contribution in [-0.2, 0) is 10.2 Å². The molecule has 0 spiro atoms. The van der Waals surface area contributed by atoms with Crippen LogP contribution in [0.3, 0.4) is 0 Å². The zero-order chi connectivity index (χ0) is 21.1. The maximum Gasteiger partial charge on any atom is 0.226 e. The number of hydrogen-bond donors (Lipinski definition) is 1. The topological polar surface area (TPSA) is 32.3 Å². The molecule has 1 N–H and O–H groups in total. The molecule has 3 nitrogen and oxygen atoms in total. The third-order valence-electron chi connectivity index (χ3n) is 10.1. The second-order valence-electron chi connectivity index (χ2n) is 12.3. The Labute approximate surface area is 188 Å². The van der Waals surface area contributed by atoms with E-state index < -0.39 is 0 Å². The van der Waals surface area contributed by atoms with Crippen LogP contribution in [0.25, 0.3) is 0 Å². The summed E-state index contributed by atoms with van der Waals surface area (Å²) in [6, 6.07) is 11.7. The fraction of sp³-hybridized carbons (Fsp3) is 0.750. The summed E-state index contributed by atoms with van der Waals surface area (Å²) in [6.07, 6.45) is 13.8. The van der Waals surface area contributed by atoms with E-state index in [2.05, 4.69) is 47.5 Å². The highest BCUT2D eigenvalue weighted by molar-refractivity contribution is 5.84. The van der Waals surface area contributed by atoms with Gasteiger partial charge in [0.2, 0.25) is 5.91 Å². The molecule has 6 bridgehead atoms. The van der Waals surface area contributed by atoms with Crippen molar-refractivity contribution in [1.29, 1.82) is 0 Å². The molecule has 4 aliphatic carbocycles. The number of fused-ring (bicyclic) bond motifs is 3. The average molecular weight is 421 g/mol. The van der Waals surface area contributed by atoms with Gasteiger partial charge in [0.05, 0.1) is 5.41 Å². The van der Waals surface area contributed by atoms with Gasteiger partial charge >= 0.3 is 0 Å². The lowest BCUT2D eigenvalue weighted by atomic mass is 9.37. The summed E-state index contributed by atoms with van der Waals surface area (Å²) in [4.78, 5) is 16.7. The van der Waals surface area contributed by atoms with Gasteiger partial charge in [0.15, 0.2) is 0 Å². The lowest BCUT2D eigenvalue weighted by molar-refractivity contribution is -0.165. The van der Waals surface area contributed by atoms with Gasteiger partial charge in [0.25, 0.3) is 0 Å². The molecule has 8 rings (SSSR count). The van der Waals surface area contributed by atoms with Gasteiger partial charge in [-0.2, -0.15) is 0 Å². The van der Waals surface area contributed by atoms with Crippen molar-refractivity contribution < 1.29 is 4.79 Å². The standard InChI is InChI=1S/C28H40N2O/c1-2-3-11-26-14-21-15-27(18-26,23-7-5-4-6-8-23)20-28(16-21,19-26)25(31)29-24-17-30-12-9-22(24)10-13-30/h4-8,21-22,24H,2-3,9-20H2,1H3,(H,29,31)/t21?,24-,26-,27-,28?/m0/s1. The molecular weight excluding hydrogens is 380 g/mol. The molecule has 4 saturated carbocycles. The van der Waals surface area contributed by atoms with Crippen molar-refractivity contribution in [2.24, 2.45) is 22.7 Å². The van der Waals surface area contributed by atoms with Gasteiger partial charge in [-0.25, -0.2) is 0 Å². The van der Waals surface area contributed by atoms with E-state index in [1.165, 1.54) is 70.0 Å². The molecule has 7 fully saturated rings. The van der Waals surface area contributed by atoms with Crippen molar-refractivity contribution in [3.8, 4) is 0 Å². The Hall–Kier alpha value is -1.35. The zero-order valence-corrected chi connectivity index (χ0v) is 19.4. The van der Waals surface area contributed by atoms with Gasteiger partial charge in [-0.3, -0.25) is 4.79 Å². The largest absolute Gasteiger partial charge is 0.351 e. The third kappa shape index (κ3) is 3.29. The summed E-state index contributed by atoms with van der Waals surface area (Å²) in [5.41, 5.74) is 1.99. The van der Waals surface area contributed by atoms with Crippen LogP contribution >= 0.6 is 0 Å². The summed E-state index contributed by atoms with van der Waals surface area (Å²) in [5, 5.41) is 3.67. The van der Waals surface area contributed by atoms with E-state index in [-0.39, 0.29) is 10.8 Å². The molecule has 168 valence electrons. The Morgan fingerprint density at radius 1 is 1.06 bits per heavy atom. The van der Waals surface area contributed by atoms with Crippen molar-refractivity contribution in [2.45, 2.75) is 89.0 Å². The summed E-state index contributed by atoms with van der Waals surface area (Å²) < 4.78 is 0. The van der Waals surface area contributed by atoms with Crippen LogP contribution in [0.4, 0.5) is 0 Å². The molecule has 0 aromatic heterocycles. The van der Waals surface area contributed by atoms with E-state index in [0.29, 0.717) is 23.3 Å². The third-order valence-corrected chi connectivity index (χ3v) is 10.1. The van der Waals surface area contributed by atoms with E-state index in [1.807, 2.05) is 0 Å². The van der Waals surface area contributed by atoms with Gasteiger partial charge in [0.1, 0.15) is 0 Å². The predicted octanol–water partition coefficient (Wildman–Crippen LogP) is 5.30. The Balaban J connectivity index is 1.32. The Morgan fingerprint density at radius 2 is 1.87 bits per heavy atom. The highest BCUT2D eigenvalue weighted by atomic mass is 16.2. The highest BCUT2D eigenvalue weighted by Gasteiger charge is 2.65. The van der Waals surface area contributed by atoms with E-state index in [9.17, 15) is 4.79 Å². The first kappa shape index (κ1) is 20.3. The molecule has 1 amide bonds. The number of nitrogens with one attached hydrogen (secondary N) is 1. The van der Waals surface area contributed by atoms with E-state index in [4.69, 9.17) is 0 Å². The average Bonchev–Trinajstić information content (AvgIpc) is 2.78. The number of amides is 1. The number of piperidine rings is 3. The quantitative estimate of drug-likeness (QED) is 0.678. The summed E-state index contributed by atoms with van der Waals surface area (Å²) in [5.74, 6) is 1.86. The van der Waals surface area contributed by atoms with Crippen LogP contribution in [0.2, 0.25) is 0 Å². The molecule has 3 saturated heterocycles. The number of benzene rings is 1. The fourth-order valence-corrected chi connectivity index (χ4v) is 9.29. The molecule has 0 radical (unpaired) electrons. The van der Waals surface area contributed by atoms with Crippen LogP contribution in [0.15, 0.2) is 30.3 Å². The molecule has 1 aromatic carbocycles. The molecule has 3 heteroatoms. The fourth-order valence-electron chi connectivity index (χ4n) is 9.29. The van der Waals surface area contributed by atoms with Crippen LogP contribution < -0.4 is 5.32 Å². The number of hydrogen-bond acceptors (Lipinski definition) is 2. The number of rotatable bonds is 6. The molecule has 31 heavy (non-hydrogen) atoms. The second kappa shape index (κ2) is 7.33. The number of unbranched alkanes of at least 4 members (excludes halogenated alkanes) is 1. The minimum Gasteiger partial charge on any atom is -0.351 e. The van der Waals surface area contributed by atoms with Gasteiger partial charge in [-0.1, -0.05) is 50.1 Å². The minimum atomic E-state index is -0.130. The van der Waals surface area contributed by atoms with Crippen LogP contribution in [0.5, 0.6) is 0 Å². The van der Waals surface area contributed by atoms with Crippen LogP contribution in [0, 0.1) is 22.7 Å². The van der Waals surface area contributed by atoms with Crippen molar-refractivity contribution >= 4 is 5.91 Å². The van der Waals surface area contributed by atoms with Crippen LogP contribution in [0.1, 0.15) is 83.1 Å². The Morgan fingerprint density at radius 3 is 2.58 bits per heavy atom. The number of carbonyl (C=O) groups excluding carboxylic acids is 1. The summed E-state index contributed by atoms with van der Waals surface area (Å²) in [6.45, 7) is 5.88. The maximum absolute atomic E-state index is 14.1.